The van der Waals surface area contributed by atoms with Crippen LogP contribution in [0.1, 0.15) is 30.9 Å². The number of aliphatic hydroxyl groups excluding tert-OH is 1. The highest BCUT2D eigenvalue weighted by molar-refractivity contribution is 5.15. The first kappa shape index (κ1) is 22.4. The van der Waals surface area contributed by atoms with E-state index in [1.807, 2.05) is 61.5 Å². The van der Waals surface area contributed by atoms with E-state index in [9.17, 15) is 5.11 Å². The third-order valence-corrected chi connectivity index (χ3v) is 5.14. The highest BCUT2D eigenvalue weighted by Gasteiger charge is 2.31. The van der Waals surface area contributed by atoms with Crippen LogP contribution in [0.3, 0.4) is 0 Å². The summed E-state index contributed by atoms with van der Waals surface area (Å²) in [5, 5.41) is 9.19. The van der Waals surface area contributed by atoms with E-state index in [1.165, 1.54) is 5.56 Å². The summed E-state index contributed by atoms with van der Waals surface area (Å²) in [4.78, 5) is 0. The van der Waals surface area contributed by atoms with Crippen molar-refractivity contribution in [1.82, 2.24) is 0 Å². The summed E-state index contributed by atoms with van der Waals surface area (Å²) in [6.45, 7) is 3.68. The van der Waals surface area contributed by atoms with Gasteiger partial charge in [-0.15, -0.1) is 0 Å². The molecule has 0 amide bonds. The Hall–Kier alpha value is -2.24. The van der Waals surface area contributed by atoms with Crippen molar-refractivity contribution in [2.75, 3.05) is 13.2 Å². The van der Waals surface area contributed by atoms with Gasteiger partial charge < -0.3 is 19.3 Å². The van der Waals surface area contributed by atoms with Crippen LogP contribution in [0.2, 0.25) is 0 Å². The first-order chi connectivity index (χ1) is 14.7. The maximum atomic E-state index is 9.19. The van der Waals surface area contributed by atoms with Crippen molar-refractivity contribution in [3.63, 3.8) is 0 Å². The summed E-state index contributed by atoms with van der Waals surface area (Å²) in [6, 6.07) is 20.4. The minimum absolute atomic E-state index is 0.00174. The van der Waals surface area contributed by atoms with E-state index in [2.05, 4.69) is 24.3 Å². The van der Waals surface area contributed by atoms with Crippen LogP contribution < -0.4 is 0 Å². The van der Waals surface area contributed by atoms with Gasteiger partial charge in [0.1, 0.15) is 6.10 Å². The summed E-state index contributed by atoms with van der Waals surface area (Å²) >= 11 is 0. The zero-order chi connectivity index (χ0) is 21.0. The molecule has 2 aromatic carbocycles. The number of rotatable bonds is 11. The highest BCUT2D eigenvalue weighted by atomic mass is 16.6. The van der Waals surface area contributed by atoms with Gasteiger partial charge in [-0.2, -0.15) is 0 Å². The topological polar surface area (TPSA) is 47.9 Å². The van der Waals surface area contributed by atoms with Gasteiger partial charge in [0.2, 0.25) is 0 Å². The fourth-order valence-corrected chi connectivity index (χ4v) is 3.42. The molecule has 1 N–H and O–H groups in total. The smallest absolute Gasteiger partial charge is 0.102 e. The molecule has 0 spiro atoms. The van der Waals surface area contributed by atoms with Crippen LogP contribution in [-0.2, 0) is 27.4 Å². The zero-order valence-corrected chi connectivity index (χ0v) is 17.7. The predicted molar refractivity (Wildman–Crippen MR) is 119 cm³/mol. The van der Waals surface area contributed by atoms with Crippen molar-refractivity contribution in [3.05, 3.63) is 95.6 Å². The summed E-state index contributed by atoms with van der Waals surface area (Å²) in [6.07, 6.45) is 7.73. The molecule has 3 rings (SSSR count). The molecule has 160 valence electrons. The number of hydrogen-bond donors (Lipinski definition) is 1. The van der Waals surface area contributed by atoms with Crippen molar-refractivity contribution in [2.45, 2.75) is 51.3 Å². The molecule has 0 bridgehead atoms. The van der Waals surface area contributed by atoms with Crippen LogP contribution in [0, 0.1) is 0 Å². The van der Waals surface area contributed by atoms with Gasteiger partial charge >= 0.3 is 0 Å². The Kier molecular flexibility index (Phi) is 9.32. The molecule has 0 radical (unpaired) electrons. The van der Waals surface area contributed by atoms with Crippen molar-refractivity contribution >= 4 is 0 Å². The normalized spacial score (nSPS) is 20.7. The van der Waals surface area contributed by atoms with Gasteiger partial charge in [0.25, 0.3) is 0 Å². The average molecular weight is 409 g/mol. The van der Waals surface area contributed by atoms with Gasteiger partial charge in [-0.3, -0.25) is 0 Å². The lowest BCUT2D eigenvalue weighted by Gasteiger charge is -2.22. The third-order valence-electron chi connectivity index (χ3n) is 5.14. The van der Waals surface area contributed by atoms with Gasteiger partial charge in [0.05, 0.1) is 38.6 Å². The Morgan fingerprint density at radius 2 is 1.70 bits per heavy atom. The second-order valence-corrected chi connectivity index (χ2v) is 7.69. The molecule has 4 heteroatoms. The van der Waals surface area contributed by atoms with E-state index in [4.69, 9.17) is 14.2 Å². The molecule has 3 atom stereocenters. The molecule has 30 heavy (non-hydrogen) atoms. The van der Waals surface area contributed by atoms with Crippen LogP contribution in [0.5, 0.6) is 0 Å². The van der Waals surface area contributed by atoms with E-state index in [-0.39, 0.29) is 24.9 Å². The van der Waals surface area contributed by atoms with E-state index in [0.717, 1.165) is 24.0 Å². The van der Waals surface area contributed by atoms with Gasteiger partial charge in [-0.25, -0.2) is 0 Å². The lowest BCUT2D eigenvalue weighted by molar-refractivity contribution is -0.0746. The van der Waals surface area contributed by atoms with Crippen LogP contribution in [0.4, 0.5) is 0 Å². The van der Waals surface area contributed by atoms with Gasteiger partial charge in [0, 0.05) is 0 Å². The standard InChI is InChI=1S/C26H32O4/c1-21(17-27)9-8-14-25(29-19-23-12-6-3-7-13-23)26-16-15-24(30-26)20-28-18-22-10-4-2-5-11-22/h2-14,24-27H,15-20H2,1H3/b14-8+,21-9+/t24-,25-,26-/m1/s1. The van der Waals surface area contributed by atoms with E-state index in [0.29, 0.717) is 19.8 Å². The van der Waals surface area contributed by atoms with Crippen LogP contribution in [0.25, 0.3) is 0 Å². The summed E-state index contributed by atoms with van der Waals surface area (Å²) in [5.74, 6) is 0. The van der Waals surface area contributed by atoms with Gasteiger partial charge in [0.15, 0.2) is 0 Å². The Morgan fingerprint density at radius 1 is 1.03 bits per heavy atom. The number of ether oxygens (including phenoxy) is 3. The van der Waals surface area contributed by atoms with Crippen molar-refractivity contribution in [2.24, 2.45) is 0 Å². The molecule has 0 aliphatic carbocycles. The number of benzene rings is 2. The lowest BCUT2D eigenvalue weighted by Crippen LogP contribution is -2.28. The molecular formula is C26H32O4. The Balaban J connectivity index is 1.52. The number of aliphatic hydroxyl groups is 1. The average Bonchev–Trinajstić information content (AvgIpc) is 3.26. The first-order valence-corrected chi connectivity index (χ1v) is 10.6. The van der Waals surface area contributed by atoms with Gasteiger partial charge in [-0.05, 0) is 36.5 Å². The molecule has 2 aromatic rings. The molecular weight excluding hydrogens is 376 g/mol. The molecule has 1 heterocycles. The number of allylic oxidation sites excluding steroid dienone is 2. The van der Waals surface area contributed by atoms with E-state index >= 15 is 0 Å². The molecule has 4 nitrogen and oxygen atoms in total. The summed E-state index contributed by atoms with van der Waals surface area (Å²) in [7, 11) is 0. The second kappa shape index (κ2) is 12.5. The fourth-order valence-electron chi connectivity index (χ4n) is 3.42. The first-order valence-electron chi connectivity index (χ1n) is 10.6. The van der Waals surface area contributed by atoms with Crippen molar-refractivity contribution in [1.29, 1.82) is 0 Å². The van der Waals surface area contributed by atoms with Gasteiger partial charge in [-0.1, -0.05) is 78.9 Å². The maximum Gasteiger partial charge on any atom is 0.102 e. The molecule has 1 fully saturated rings. The minimum atomic E-state index is -0.146. The minimum Gasteiger partial charge on any atom is -0.392 e. The van der Waals surface area contributed by atoms with Crippen LogP contribution >= 0.6 is 0 Å². The lowest BCUT2D eigenvalue weighted by atomic mass is 10.1. The third kappa shape index (κ3) is 7.54. The molecule has 0 unspecified atom stereocenters. The largest absolute Gasteiger partial charge is 0.392 e. The van der Waals surface area contributed by atoms with Crippen molar-refractivity contribution in [3.8, 4) is 0 Å². The van der Waals surface area contributed by atoms with Crippen molar-refractivity contribution < 1.29 is 19.3 Å². The van der Waals surface area contributed by atoms with Crippen LogP contribution in [-0.4, -0.2) is 36.6 Å². The molecule has 1 aliphatic rings. The monoisotopic (exact) mass is 408 g/mol. The fraction of sp³-hybridized carbons (Fsp3) is 0.385. The molecule has 1 saturated heterocycles. The van der Waals surface area contributed by atoms with Crippen LogP contribution in [0.15, 0.2) is 84.5 Å². The maximum absolute atomic E-state index is 9.19. The quantitative estimate of drug-likeness (QED) is 0.541. The summed E-state index contributed by atoms with van der Waals surface area (Å²) < 4.78 is 18.3. The SMILES string of the molecule is C/C(=C\C=C\[C@@H](OCc1ccccc1)[C@H]1CC[C@H](COCc2ccccc2)O1)CO. The number of hydrogen-bond acceptors (Lipinski definition) is 4. The Morgan fingerprint density at radius 3 is 2.37 bits per heavy atom. The summed E-state index contributed by atoms with van der Waals surface area (Å²) in [5.41, 5.74) is 3.22. The van der Waals surface area contributed by atoms with E-state index in [1.54, 1.807) is 0 Å². The van der Waals surface area contributed by atoms with E-state index < -0.39 is 0 Å². The molecule has 1 aliphatic heterocycles. The molecule has 0 saturated carbocycles. The second-order valence-electron chi connectivity index (χ2n) is 7.69. The highest BCUT2D eigenvalue weighted by Crippen LogP contribution is 2.26. The Labute approximate surface area is 179 Å². The predicted octanol–water partition coefficient (Wildman–Crippen LogP) is 4.83. The molecule has 0 aromatic heterocycles. The zero-order valence-electron chi connectivity index (χ0n) is 17.7. The Bertz CT molecular complexity index is 785.